The molecular weight excluding hydrogens is 422 g/mol. The van der Waals surface area contributed by atoms with Gasteiger partial charge in [-0.05, 0) is 54.0 Å². The van der Waals surface area contributed by atoms with Crippen molar-refractivity contribution in [3.8, 4) is 0 Å². The van der Waals surface area contributed by atoms with Crippen LogP contribution in [0.1, 0.15) is 12.0 Å². The van der Waals surface area contributed by atoms with Crippen molar-refractivity contribution < 1.29 is 4.42 Å². The Balaban J connectivity index is 1.32. The average molecular weight is 444 g/mol. The number of allylic oxidation sites excluding steroid dienone is 2. The van der Waals surface area contributed by atoms with Crippen molar-refractivity contribution in [1.82, 2.24) is 0 Å². The van der Waals surface area contributed by atoms with Gasteiger partial charge in [-0.25, -0.2) is 0 Å². The van der Waals surface area contributed by atoms with E-state index in [4.69, 9.17) is 4.42 Å². The van der Waals surface area contributed by atoms with E-state index >= 15 is 0 Å². The van der Waals surface area contributed by atoms with Gasteiger partial charge < -0.3 is 9.73 Å². The molecule has 7 rings (SSSR count). The molecule has 4 aromatic carbocycles. The van der Waals surface area contributed by atoms with Crippen molar-refractivity contribution in [2.45, 2.75) is 12.5 Å². The van der Waals surface area contributed by atoms with Crippen LogP contribution in [0.3, 0.4) is 0 Å². The van der Waals surface area contributed by atoms with Crippen LogP contribution in [0.4, 0.5) is 5.69 Å². The Morgan fingerprint density at radius 3 is 2.55 bits per heavy atom. The van der Waals surface area contributed by atoms with E-state index in [1.165, 1.54) is 31.3 Å². The molecule has 1 N–H and O–H groups in total. The maximum Gasteiger partial charge on any atom is 0.137 e. The Kier molecular flexibility index (Phi) is 4.18. The van der Waals surface area contributed by atoms with Crippen molar-refractivity contribution in [3.63, 3.8) is 0 Å². The first-order valence-electron chi connectivity index (χ1n) is 11.3. The Morgan fingerprint density at radius 1 is 0.758 bits per heavy atom. The predicted molar refractivity (Wildman–Crippen MR) is 142 cm³/mol. The summed E-state index contributed by atoms with van der Waals surface area (Å²) in [5.74, 6) is 0. The molecule has 0 radical (unpaired) electrons. The molecule has 0 saturated heterocycles. The van der Waals surface area contributed by atoms with Gasteiger partial charge in [0.1, 0.15) is 11.2 Å². The first-order valence-corrected chi connectivity index (χ1v) is 12.1. The van der Waals surface area contributed by atoms with Crippen LogP contribution in [0.15, 0.2) is 108 Å². The number of thiophene rings is 1. The fraction of sp³-hybridized carbons (Fsp3) is 0.0667. The molecule has 0 fully saturated rings. The van der Waals surface area contributed by atoms with E-state index in [1.807, 2.05) is 29.5 Å². The lowest BCUT2D eigenvalue weighted by molar-refractivity contribution is 0.669. The molecule has 0 saturated carbocycles. The van der Waals surface area contributed by atoms with Crippen LogP contribution in [0.5, 0.6) is 0 Å². The van der Waals surface area contributed by atoms with Crippen molar-refractivity contribution in [1.29, 1.82) is 0 Å². The topological polar surface area (TPSA) is 25.2 Å². The zero-order chi connectivity index (χ0) is 21.8. The number of para-hydroxylation sites is 1. The van der Waals surface area contributed by atoms with E-state index in [0.717, 1.165) is 34.0 Å². The highest BCUT2D eigenvalue weighted by atomic mass is 32.1. The maximum absolute atomic E-state index is 6.11. The molecule has 6 aromatic rings. The van der Waals surface area contributed by atoms with Crippen LogP contribution < -0.4 is 5.32 Å². The number of anilines is 1. The summed E-state index contributed by atoms with van der Waals surface area (Å²) in [6, 6.07) is 30.3. The molecule has 1 aliphatic rings. The number of fused-ring (bicyclic) bond motifs is 6. The van der Waals surface area contributed by atoms with Gasteiger partial charge in [0.25, 0.3) is 0 Å². The van der Waals surface area contributed by atoms with E-state index in [0.29, 0.717) is 0 Å². The first kappa shape index (κ1) is 18.7. The Labute approximate surface area is 195 Å². The van der Waals surface area contributed by atoms with Crippen molar-refractivity contribution in [2.75, 3.05) is 5.32 Å². The maximum atomic E-state index is 6.11. The lowest BCUT2D eigenvalue weighted by atomic mass is 9.91. The molecule has 3 heteroatoms. The number of hydrogen-bond acceptors (Lipinski definition) is 3. The van der Waals surface area contributed by atoms with Gasteiger partial charge in [0.15, 0.2) is 0 Å². The minimum Gasteiger partial charge on any atom is -0.456 e. The van der Waals surface area contributed by atoms with Crippen molar-refractivity contribution in [3.05, 3.63) is 109 Å². The number of benzene rings is 4. The fourth-order valence-electron chi connectivity index (χ4n) is 5.05. The van der Waals surface area contributed by atoms with Gasteiger partial charge in [0.2, 0.25) is 0 Å². The molecule has 2 nitrogen and oxygen atoms in total. The van der Waals surface area contributed by atoms with E-state index in [2.05, 4.69) is 90.3 Å². The normalized spacial score (nSPS) is 16.1. The molecule has 0 aliphatic heterocycles. The van der Waals surface area contributed by atoms with E-state index in [-0.39, 0.29) is 6.04 Å². The minimum atomic E-state index is 0.191. The summed E-state index contributed by atoms with van der Waals surface area (Å²) in [5.41, 5.74) is 5.56. The van der Waals surface area contributed by atoms with Crippen LogP contribution in [0, 0.1) is 0 Å². The SMILES string of the molecule is C1=CCC(Nc2cccc3oc4ccccc4c23)C(c2ccc3sc4ccccc4c3c2)=C1. The third-order valence-corrected chi connectivity index (χ3v) is 7.75. The molecular formula is C30H21NOS. The molecule has 2 aromatic heterocycles. The molecule has 33 heavy (non-hydrogen) atoms. The zero-order valence-corrected chi connectivity index (χ0v) is 18.7. The molecule has 1 atom stereocenters. The van der Waals surface area contributed by atoms with Gasteiger partial charge in [-0.3, -0.25) is 0 Å². The summed E-state index contributed by atoms with van der Waals surface area (Å²) in [7, 11) is 0. The molecule has 158 valence electrons. The second-order valence-electron chi connectivity index (χ2n) is 8.57. The molecule has 0 bridgehead atoms. The number of furan rings is 1. The summed E-state index contributed by atoms with van der Waals surface area (Å²) >= 11 is 1.86. The Bertz CT molecular complexity index is 1730. The third-order valence-electron chi connectivity index (χ3n) is 6.60. The van der Waals surface area contributed by atoms with Gasteiger partial charge in [-0.1, -0.05) is 66.8 Å². The van der Waals surface area contributed by atoms with Gasteiger partial charge >= 0.3 is 0 Å². The van der Waals surface area contributed by atoms with E-state index < -0.39 is 0 Å². The van der Waals surface area contributed by atoms with Gasteiger partial charge in [0, 0.05) is 31.2 Å². The Morgan fingerprint density at radius 2 is 1.58 bits per heavy atom. The monoisotopic (exact) mass is 443 g/mol. The Hall–Kier alpha value is -3.82. The van der Waals surface area contributed by atoms with E-state index in [1.54, 1.807) is 0 Å². The average Bonchev–Trinajstić information content (AvgIpc) is 3.43. The molecule has 1 aliphatic carbocycles. The zero-order valence-electron chi connectivity index (χ0n) is 17.9. The first-order chi connectivity index (χ1) is 16.3. The lowest BCUT2D eigenvalue weighted by Crippen LogP contribution is -2.22. The van der Waals surface area contributed by atoms with Crippen LogP contribution in [-0.2, 0) is 0 Å². The van der Waals surface area contributed by atoms with Crippen LogP contribution >= 0.6 is 11.3 Å². The molecule has 2 heterocycles. The summed E-state index contributed by atoms with van der Waals surface area (Å²) in [4.78, 5) is 0. The quantitative estimate of drug-likeness (QED) is 0.296. The van der Waals surface area contributed by atoms with E-state index in [9.17, 15) is 0 Å². The van der Waals surface area contributed by atoms with Crippen molar-refractivity contribution in [2.24, 2.45) is 0 Å². The number of hydrogen-bond donors (Lipinski definition) is 1. The largest absolute Gasteiger partial charge is 0.456 e. The second-order valence-corrected chi connectivity index (χ2v) is 9.65. The standard InChI is InChI=1S/C30H21NOS/c1-4-11-24(31-25-12-7-14-27-30(25)22-10-2-5-13-26(22)32-27)20(8-1)19-16-17-29-23(18-19)21-9-3-6-15-28(21)33-29/h1-10,12-18,24,31H,11H2. The highest BCUT2D eigenvalue weighted by Crippen LogP contribution is 2.39. The summed E-state index contributed by atoms with van der Waals surface area (Å²) in [5, 5.41) is 8.83. The lowest BCUT2D eigenvalue weighted by Gasteiger charge is -2.25. The van der Waals surface area contributed by atoms with Crippen LogP contribution in [-0.4, -0.2) is 6.04 Å². The number of nitrogens with one attached hydrogen (secondary N) is 1. The molecule has 0 spiro atoms. The van der Waals surface area contributed by atoms with Gasteiger partial charge in [0.05, 0.1) is 11.4 Å². The molecule has 1 unspecified atom stereocenters. The number of rotatable bonds is 3. The summed E-state index contributed by atoms with van der Waals surface area (Å²) in [6.45, 7) is 0. The minimum absolute atomic E-state index is 0.191. The van der Waals surface area contributed by atoms with Gasteiger partial charge in [-0.15, -0.1) is 11.3 Å². The van der Waals surface area contributed by atoms with Gasteiger partial charge in [-0.2, -0.15) is 0 Å². The van der Waals surface area contributed by atoms with Crippen LogP contribution in [0.2, 0.25) is 0 Å². The summed E-state index contributed by atoms with van der Waals surface area (Å²) < 4.78 is 8.79. The molecule has 0 amide bonds. The fourth-order valence-corrected chi connectivity index (χ4v) is 6.14. The summed E-state index contributed by atoms with van der Waals surface area (Å²) in [6.07, 6.45) is 7.62. The van der Waals surface area contributed by atoms with Crippen molar-refractivity contribution >= 4 is 64.7 Å². The highest BCUT2D eigenvalue weighted by Gasteiger charge is 2.20. The van der Waals surface area contributed by atoms with Crippen LogP contribution in [0.25, 0.3) is 47.7 Å². The predicted octanol–water partition coefficient (Wildman–Crippen LogP) is 8.78. The third kappa shape index (κ3) is 3.00. The second kappa shape index (κ2) is 7.36. The smallest absolute Gasteiger partial charge is 0.137 e. The highest BCUT2D eigenvalue weighted by molar-refractivity contribution is 7.25.